The number of aromatic nitrogens is 2. The molecule has 2 aromatic heterocycles. The van der Waals surface area contributed by atoms with Crippen molar-refractivity contribution in [1.29, 1.82) is 0 Å². The molecule has 0 bridgehead atoms. The van der Waals surface area contributed by atoms with Crippen LogP contribution in [0, 0.1) is 6.92 Å². The van der Waals surface area contributed by atoms with Crippen LogP contribution in [0.4, 0.5) is 11.5 Å². The van der Waals surface area contributed by atoms with Gasteiger partial charge in [-0.25, -0.2) is 4.98 Å². The summed E-state index contributed by atoms with van der Waals surface area (Å²) in [6.07, 6.45) is 3.18. The highest BCUT2D eigenvalue weighted by Gasteiger charge is 2.16. The first-order valence-electron chi connectivity index (χ1n) is 7.03. The number of nitrogens with one attached hydrogen (secondary N) is 2. The van der Waals surface area contributed by atoms with E-state index in [0.717, 1.165) is 10.9 Å². The maximum atomic E-state index is 12.1. The minimum atomic E-state index is -0.778. The first-order valence-corrected chi connectivity index (χ1v) is 7.03. The summed E-state index contributed by atoms with van der Waals surface area (Å²) in [4.78, 5) is 32.4. The number of benzene rings is 1. The Labute approximate surface area is 132 Å². The molecule has 3 aromatic rings. The van der Waals surface area contributed by atoms with Gasteiger partial charge in [-0.2, -0.15) is 0 Å². The van der Waals surface area contributed by atoms with Crippen molar-refractivity contribution < 1.29 is 9.59 Å². The van der Waals surface area contributed by atoms with E-state index in [1.54, 1.807) is 43.6 Å². The number of anilines is 2. The van der Waals surface area contributed by atoms with Crippen LogP contribution < -0.4 is 10.6 Å². The molecule has 0 atom stereocenters. The van der Waals surface area contributed by atoms with E-state index in [1.807, 2.05) is 18.2 Å². The molecule has 23 heavy (non-hydrogen) atoms. The van der Waals surface area contributed by atoms with Crippen LogP contribution in [0.3, 0.4) is 0 Å². The number of aryl methyl sites for hydroxylation is 1. The van der Waals surface area contributed by atoms with Crippen LogP contribution in [0.5, 0.6) is 0 Å². The van der Waals surface area contributed by atoms with Crippen LogP contribution in [0.15, 0.2) is 54.9 Å². The van der Waals surface area contributed by atoms with Gasteiger partial charge in [0.15, 0.2) is 0 Å². The quantitative estimate of drug-likeness (QED) is 0.713. The molecular weight excluding hydrogens is 292 g/mol. The molecule has 0 unspecified atom stereocenters. The lowest BCUT2D eigenvalue weighted by Crippen LogP contribution is -2.29. The molecular formula is C17H14N4O2. The van der Waals surface area contributed by atoms with Crippen LogP contribution in [0.1, 0.15) is 5.56 Å². The fourth-order valence-corrected chi connectivity index (χ4v) is 2.17. The molecule has 6 heteroatoms. The van der Waals surface area contributed by atoms with Crippen molar-refractivity contribution in [2.75, 3.05) is 10.6 Å². The van der Waals surface area contributed by atoms with Gasteiger partial charge in [-0.05, 0) is 30.7 Å². The zero-order valence-corrected chi connectivity index (χ0v) is 12.4. The predicted octanol–water partition coefficient (Wildman–Crippen LogP) is 2.52. The zero-order valence-electron chi connectivity index (χ0n) is 12.4. The summed E-state index contributed by atoms with van der Waals surface area (Å²) >= 11 is 0. The van der Waals surface area contributed by atoms with Crippen molar-refractivity contribution in [3.63, 3.8) is 0 Å². The molecule has 0 saturated carbocycles. The monoisotopic (exact) mass is 306 g/mol. The van der Waals surface area contributed by atoms with Gasteiger partial charge in [-0.3, -0.25) is 14.6 Å². The van der Waals surface area contributed by atoms with Crippen LogP contribution in [-0.2, 0) is 9.59 Å². The lowest BCUT2D eigenvalue weighted by Gasteiger charge is -2.09. The van der Waals surface area contributed by atoms with Crippen molar-refractivity contribution in [2.45, 2.75) is 6.92 Å². The Morgan fingerprint density at radius 3 is 2.39 bits per heavy atom. The number of fused-ring (bicyclic) bond motifs is 1. The number of carbonyl (C=O) groups is 2. The Bertz CT molecular complexity index is 887. The van der Waals surface area contributed by atoms with Crippen LogP contribution >= 0.6 is 0 Å². The topological polar surface area (TPSA) is 84.0 Å². The van der Waals surface area contributed by atoms with Gasteiger partial charge < -0.3 is 10.6 Å². The molecule has 3 rings (SSSR count). The van der Waals surface area contributed by atoms with E-state index in [4.69, 9.17) is 0 Å². The maximum Gasteiger partial charge on any atom is 0.315 e. The number of pyridine rings is 2. The molecule has 0 aliphatic rings. The van der Waals surface area contributed by atoms with E-state index in [9.17, 15) is 9.59 Å². The van der Waals surface area contributed by atoms with Crippen molar-refractivity contribution >= 4 is 34.2 Å². The summed E-state index contributed by atoms with van der Waals surface area (Å²) in [6, 6.07) is 12.6. The van der Waals surface area contributed by atoms with E-state index < -0.39 is 11.8 Å². The molecule has 0 spiro atoms. The molecule has 0 fully saturated rings. The van der Waals surface area contributed by atoms with Gasteiger partial charge in [-0.1, -0.05) is 24.3 Å². The number of nitrogens with zero attached hydrogens (tertiary/aromatic N) is 2. The average Bonchev–Trinajstić information content (AvgIpc) is 2.57. The fraction of sp³-hybridized carbons (Fsp3) is 0.0588. The minimum Gasteiger partial charge on any atom is -0.316 e. The number of rotatable bonds is 2. The molecule has 6 nitrogen and oxygen atoms in total. The Kier molecular flexibility index (Phi) is 3.97. The second-order valence-electron chi connectivity index (χ2n) is 4.96. The smallest absolute Gasteiger partial charge is 0.315 e. The summed E-state index contributed by atoms with van der Waals surface area (Å²) < 4.78 is 0. The van der Waals surface area contributed by atoms with Gasteiger partial charge in [-0.15, -0.1) is 0 Å². The number of hydrogen-bond acceptors (Lipinski definition) is 4. The summed E-state index contributed by atoms with van der Waals surface area (Å²) in [6.45, 7) is 1.80. The number of hydrogen-bond donors (Lipinski definition) is 2. The van der Waals surface area contributed by atoms with Gasteiger partial charge in [0, 0.05) is 17.8 Å². The Hall–Kier alpha value is -3.28. The molecule has 2 amide bonds. The Morgan fingerprint density at radius 1 is 0.870 bits per heavy atom. The van der Waals surface area contributed by atoms with Crippen LogP contribution in [0.25, 0.3) is 10.9 Å². The molecule has 2 heterocycles. The van der Waals surface area contributed by atoms with Gasteiger partial charge >= 0.3 is 11.8 Å². The summed E-state index contributed by atoms with van der Waals surface area (Å²) in [5.41, 5.74) is 1.90. The molecule has 114 valence electrons. The zero-order chi connectivity index (χ0) is 16.2. The van der Waals surface area contributed by atoms with Crippen LogP contribution in [0.2, 0.25) is 0 Å². The lowest BCUT2D eigenvalue weighted by atomic mass is 10.2. The van der Waals surface area contributed by atoms with E-state index in [0.29, 0.717) is 17.0 Å². The third-order valence-electron chi connectivity index (χ3n) is 3.33. The fourth-order valence-electron chi connectivity index (χ4n) is 2.17. The van der Waals surface area contributed by atoms with E-state index in [1.165, 1.54) is 0 Å². The third kappa shape index (κ3) is 3.16. The molecule has 1 aromatic carbocycles. The molecule has 0 radical (unpaired) electrons. The van der Waals surface area contributed by atoms with Gasteiger partial charge in [0.2, 0.25) is 0 Å². The molecule has 0 aliphatic carbocycles. The lowest BCUT2D eigenvalue weighted by molar-refractivity contribution is -0.133. The van der Waals surface area contributed by atoms with Crippen molar-refractivity contribution in [3.05, 3.63) is 60.4 Å². The number of amides is 2. The SMILES string of the molecule is Cc1cccnc1NC(=O)C(=O)Nc1cccc2cccnc12. The highest BCUT2D eigenvalue weighted by Crippen LogP contribution is 2.20. The molecule has 0 aliphatic heterocycles. The normalized spacial score (nSPS) is 10.3. The average molecular weight is 306 g/mol. The van der Waals surface area contributed by atoms with E-state index >= 15 is 0 Å². The predicted molar refractivity (Wildman–Crippen MR) is 88.0 cm³/mol. The van der Waals surface area contributed by atoms with Crippen molar-refractivity contribution in [1.82, 2.24) is 9.97 Å². The number of carbonyl (C=O) groups excluding carboxylic acids is 2. The Morgan fingerprint density at radius 2 is 1.57 bits per heavy atom. The second kappa shape index (κ2) is 6.23. The highest BCUT2D eigenvalue weighted by atomic mass is 16.2. The Balaban J connectivity index is 1.78. The largest absolute Gasteiger partial charge is 0.316 e. The second-order valence-corrected chi connectivity index (χ2v) is 4.96. The third-order valence-corrected chi connectivity index (χ3v) is 3.33. The summed E-state index contributed by atoms with van der Waals surface area (Å²) in [7, 11) is 0. The van der Waals surface area contributed by atoms with Crippen molar-refractivity contribution in [2.24, 2.45) is 0 Å². The summed E-state index contributed by atoms with van der Waals surface area (Å²) in [5, 5.41) is 5.96. The molecule has 2 N–H and O–H groups in total. The van der Waals surface area contributed by atoms with Gasteiger partial charge in [0.1, 0.15) is 5.82 Å². The first-order chi connectivity index (χ1) is 11.1. The standard InChI is InChI=1S/C17H14N4O2/c1-11-5-3-10-19-15(11)21-17(23)16(22)20-13-8-2-6-12-7-4-9-18-14(12)13/h2-10H,1H3,(H,20,22)(H,19,21,23). The molecule has 0 saturated heterocycles. The summed E-state index contributed by atoms with van der Waals surface area (Å²) in [5.74, 6) is -1.18. The van der Waals surface area contributed by atoms with E-state index in [2.05, 4.69) is 20.6 Å². The highest BCUT2D eigenvalue weighted by molar-refractivity contribution is 6.44. The maximum absolute atomic E-state index is 12.1. The first kappa shape index (κ1) is 14.6. The van der Waals surface area contributed by atoms with Crippen molar-refractivity contribution in [3.8, 4) is 0 Å². The van der Waals surface area contributed by atoms with E-state index in [-0.39, 0.29) is 0 Å². The number of para-hydroxylation sites is 1. The minimum absolute atomic E-state index is 0.365. The van der Waals surface area contributed by atoms with Gasteiger partial charge in [0.25, 0.3) is 0 Å². The van der Waals surface area contributed by atoms with Crippen LogP contribution in [-0.4, -0.2) is 21.8 Å². The van der Waals surface area contributed by atoms with Gasteiger partial charge in [0.05, 0.1) is 11.2 Å².